The van der Waals surface area contributed by atoms with Crippen LogP contribution < -0.4 is 4.74 Å². The molecule has 86 valence electrons. The molecule has 0 radical (unpaired) electrons. The van der Waals surface area contributed by atoms with Crippen molar-refractivity contribution in [1.82, 2.24) is 0 Å². The molecular formula is C10H10BrNO4. The Labute approximate surface area is 101 Å². The Morgan fingerprint density at radius 1 is 1.56 bits per heavy atom. The van der Waals surface area contributed by atoms with Crippen molar-refractivity contribution in [2.24, 2.45) is 0 Å². The van der Waals surface area contributed by atoms with Gasteiger partial charge in [0.1, 0.15) is 16.8 Å². The van der Waals surface area contributed by atoms with Gasteiger partial charge in [0.2, 0.25) is 0 Å². The average molecular weight is 288 g/mol. The number of benzene rings is 1. The van der Waals surface area contributed by atoms with E-state index in [2.05, 4.69) is 15.9 Å². The van der Waals surface area contributed by atoms with Gasteiger partial charge in [-0.25, -0.2) is 0 Å². The number of carbonyl (C=O) groups excluding carboxylic acids is 1. The maximum Gasteiger partial charge on any atom is 0.287 e. The van der Waals surface area contributed by atoms with E-state index in [4.69, 9.17) is 4.74 Å². The summed E-state index contributed by atoms with van der Waals surface area (Å²) in [5.41, 5.74) is -0.0820. The maximum absolute atomic E-state index is 11.0. The number of nitro groups is 1. The SMILES string of the molecule is CCC(=O)COc1cccc([N+](=O)[O-])c1Br. The van der Waals surface area contributed by atoms with Crippen molar-refractivity contribution in [2.45, 2.75) is 13.3 Å². The summed E-state index contributed by atoms with van der Waals surface area (Å²) >= 11 is 3.08. The number of nitro benzene ring substituents is 1. The molecule has 0 spiro atoms. The monoisotopic (exact) mass is 287 g/mol. The van der Waals surface area contributed by atoms with Crippen LogP contribution in [-0.2, 0) is 4.79 Å². The lowest BCUT2D eigenvalue weighted by molar-refractivity contribution is -0.385. The van der Waals surface area contributed by atoms with E-state index in [0.717, 1.165) is 0 Å². The number of ketones is 1. The molecule has 1 aromatic rings. The van der Waals surface area contributed by atoms with Gasteiger partial charge >= 0.3 is 0 Å². The number of ether oxygens (including phenoxy) is 1. The lowest BCUT2D eigenvalue weighted by Crippen LogP contribution is -2.10. The number of Topliss-reactive ketones (excluding diaryl/α,β-unsaturated/α-hetero) is 1. The number of nitrogens with zero attached hydrogens (tertiary/aromatic N) is 1. The molecule has 0 amide bonds. The van der Waals surface area contributed by atoms with Crippen LogP contribution in [0.1, 0.15) is 13.3 Å². The average Bonchev–Trinajstić information content (AvgIpc) is 2.26. The first-order valence-electron chi connectivity index (χ1n) is 4.63. The van der Waals surface area contributed by atoms with Crippen LogP contribution in [0.2, 0.25) is 0 Å². The van der Waals surface area contributed by atoms with Crippen molar-refractivity contribution in [3.05, 3.63) is 32.8 Å². The van der Waals surface area contributed by atoms with Crippen LogP contribution in [0, 0.1) is 10.1 Å². The summed E-state index contributed by atoms with van der Waals surface area (Å²) in [7, 11) is 0. The van der Waals surface area contributed by atoms with Gasteiger partial charge in [-0.15, -0.1) is 0 Å². The zero-order valence-electron chi connectivity index (χ0n) is 8.60. The molecule has 0 aliphatic heterocycles. The van der Waals surface area contributed by atoms with E-state index in [-0.39, 0.29) is 22.6 Å². The van der Waals surface area contributed by atoms with Gasteiger partial charge in [-0.05, 0) is 22.0 Å². The summed E-state index contributed by atoms with van der Waals surface area (Å²) < 4.78 is 5.43. The minimum absolute atomic E-state index is 0.0570. The van der Waals surface area contributed by atoms with Crippen LogP contribution in [0.4, 0.5) is 5.69 Å². The van der Waals surface area contributed by atoms with Gasteiger partial charge in [0.05, 0.1) is 4.92 Å². The first-order chi connectivity index (χ1) is 7.56. The normalized spacial score (nSPS) is 9.88. The van der Waals surface area contributed by atoms with E-state index in [1.165, 1.54) is 12.1 Å². The van der Waals surface area contributed by atoms with Crippen molar-refractivity contribution in [2.75, 3.05) is 6.61 Å². The minimum Gasteiger partial charge on any atom is -0.484 e. The predicted molar refractivity (Wildman–Crippen MR) is 61.6 cm³/mol. The highest BCUT2D eigenvalue weighted by Gasteiger charge is 2.16. The summed E-state index contributed by atoms with van der Waals surface area (Å²) in [6.45, 7) is 1.66. The van der Waals surface area contributed by atoms with Crippen LogP contribution in [0.15, 0.2) is 22.7 Å². The van der Waals surface area contributed by atoms with Crippen molar-refractivity contribution in [3.8, 4) is 5.75 Å². The lowest BCUT2D eigenvalue weighted by atomic mass is 10.3. The zero-order chi connectivity index (χ0) is 12.1. The highest BCUT2D eigenvalue weighted by molar-refractivity contribution is 9.10. The molecule has 0 unspecified atom stereocenters. The molecule has 0 aliphatic rings. The van der Waals surface area contributed by atoms with Gasteiger partial charge in [0.25, 0.3) is 5.69 Å². The Morgan fingerprint density at radius 2 is 2.25 bits per heavy atom. The molecule has 6 heteroatoms. The molecule has 0 bridgehead atoms. The first-order valence-corrected chi connectivity index (χ1v) is 5.43. The van der Waals surface area contributed by atoms with Crippen molar-refractivity contribution < 1.29 is 14.5 Å². The van der Waals surface area contributed by atoms with Gasteiger partial charge in [-0.2, -0.15) is 0 Å². The Bertz CT molecular complexity index is 419. The number of rotatable bonds is 5. The summed E-state index contributed by atoms with van der Waals surface area (Å²) in [5, 5.41) is 10.6. The third-order valence-corrected chi connectivity index (χ3v) is 2.72. The second-order valence-electron chi connectivity index (χ2n) is 3.03. The Morgan fingerprint density at radius 3 is 2.81 bits per heavy atom. The van der Waals surface area contributed by atoms with Gasteiger partial charge in [-0.1, -0.05) is 13.0 Å². The molecule has 16 heavy (non-hydrogen) atoms. The largest absolute Gasteiger partial charge is 0.484 e. The highest BCUT2D eigenvalue weighted by atomic mass is 79.9. The van der Waals surface area contributed by atoms with Crippen LogP contribution >= 0.6 is 15.9 Å². The van der Waals surface area contributed by atoms with Gasteiger partial charge in [0.15, 0.2) is 5.78 Å². The summed E-state index contributed by atoms with van der Waals surface area (Å²) in [5.74, 6) is 0.245. The lowest BCUT2D eigenvalue weighted by Gasteiger charge is -2.06. The van der Waals surface area contributed by atoms with E-state index in [1.54, 1.807) is 13.0 Å². The summed E-state index contributed by atoms with van der Waals surface area (Å²) in [6, 6.07) is 4.44. The fraction of sp³-hybridized carbons (Fsp3) is 0.300. The smallest absolute Gasteiger partial charge is 0.287 e. The second kappa shape index (κ2) is 5.60. The van der Waals surface area contributed by atoms with E-state index in [1.807, 2.05) is 0 Å². The molecule has 1 rings (SSSR count). The van der Waals surface area contributed by atoms with Crippen molar-refractivity contribution >= 4 is 27.4 Å². The molecule has 0 saturated carbocycles. The number of hydrogen-bond acceptors (Lipinski definition) is 4. The van der Waals surface area contributed by atoms with Crippen molar-refractivity contribution in [3.63, 3.8) is 0 Å². The van der Waals surface area contributed by atoms with Gasteiger partial charge < -0.3 is 4.74 Å². The molecular weight excluding hydrogens is 278 g/mol. The third-order valence-electron chi connectivity index (χ3n) is 1.92. The Balaban J connectivity index is 2.85. The topological polar surface area (TPSA) is 69.4 Å². The van der Waals surface area contributed by atoms with E-state index >= 15 is 0 Å². The highest BCUT2D eigenvalue weighted by Crippen LogP contribution is 2.33. The van der Waals surface area contributed by atoms with Gasteiger partial charge in [0, 0.05) is 12.5 Å². The summed E-state index contributed by atoms with van der Waals surface area (Å²) in [6.07, 6.45) is 0.381. The molecule has 0 aromatic heterocycles. The third kappa shape index (κ3) is 3.03. The molecule has 0 saturated heterocycles. The molecule has 0 fully saturated rings. The number of hydrogen-bond donors (Lipinski definition) is 0. The van der Waals surface area contributed by atoms with E-state index in [0.29, 0.717) is 12.2 Å². The summed E-state index contributed by atoms with van der Waals surface area (Å²) in [4.78, 5) is 21.1. The van der Waals surface area contributed by atoms with Crippen molar-refractivity contribution in [1.29, 1.82) is 0 Å². The molecule has 0 aliphatic carbocycles. The maximum atomic E-state index is 11.0. The minimum atomic E-state index is -0.515. The quantitative estimate of drug-likeness (QED) is 0.617. The van der Waals surface area contributed by atoms with E-state index < -0.39 is 4.92 Å². The van der Waals surface area contributed by atoms with Crippen LogP contribution in [0.25, 0.3) is 0 Å². The number of carbonyl (C=O) groups is 1. The fourth-order valence-corrected chi connectivity index (χ4v) is 1.54. The van der Waals surface area contributed by atoms with Crippen LogP contribution in [-0.4, -0.2) is 17.3 Å². The molecule has 0 heterocycles. The standard InChI is InChI=1S/C10H10BrNO4/c1-2-7(13)6-16-9-5-3-4-8(10(9)11)12(14)15/h3-5H,2,6H2,1H3. The van der Waals surface area contributed by atoms with Crippen LogP contribution in [0.3, 0.4) is 0 Å². The predicted octanol–water partition coefficient (Wildman–Crippen LogP) is 2.72. The molecule has 1 aromatic carbocycles. The molecule has 0 N–H and O–H groups in total. The molecule has 5 nitrogen and oxygen atoms in total. The Hall–Kier alpha value is -1.43. The first kappa shape index (κ1) is 12.6. The number of halogens is 1. The van der Waals surface area contributed by atoms with E-state index in [9.17, 15) is 14.9 Å². The zero-order valence-corrected chi connectivity index (χ0v) is 10.2. The van der Waals surface area contributed by atoms with Gasteiger partial charge in [-0.3, -0.25) is 14.9 Å². The Kier molecular flexibility index (Phi) is 4.42. The second-order valence-corrected chi connectivity index (χ2v) is 3.82. The fourth-order valence-electron chi connectivity index (χ4n) is 1.01. The van der Waals surface area contributed by atoms with Crippen LogP contribution in [0.5, 0.6) is 5.75 Å². The molecule has 0 atom stereocenters.